The lowest BCUT2D eigenvalue weighted by Gasteiger charge is -2.21. The third-order valence-electron chi connectivity index (χ3n) is 5.11. The molecule has 0 saturated heterocycles. The number of benzene rings is 1. The molecule has 0 aliphatic carbocycles. The zero-order valence-electron chi connectivity index (χ0n) is 17.5. The highest BCUT2D eigenvalue weighted by Gasteiger charge is 2.42. The Morgan fingerprint density at radius 2 is 1.77 bits per heavy atom. The van der Waals surface area contributed by atoms with Crippen molar-refractivity contribution < 1.29 is 24.0 Å². The summed E-state index contributed by atoms with van der Waals surface area (Å²) in [6.07, 6.45) is 6.53. The van der Waals surface area contributed by atoms with Crippen LogP contribution in [-0.2, 0) is 14.4 Å². The molecule has 1 aliphatic heterocycles. The summed E-state index contributed by atoms with van der Waals surface area (Å²) in [5.74, 6) is -2.23. The number of nitrogens with zero attached hydrogens (tertiary/aromatic N) is 1. The second-order valence-electron chi connectivity index (χ2n) is 7.30. The van der Waals surface area contributed by atoms with Gasteiger partial charge in [0.1, 0.15) is 12.3 Å². The van der Waals surface area contributed by atoms with E-state index in [2.05, 4.69) is 10.6 Å². The van der Waals surface area contributed by atoms with Gasteiger partial charge in [-0.2, -0.15) is 0 Å². The molecule has 1 aromatic rings. The topological polar surface area (TPSA) is 113 Å². The summed E-state index contributed by atoms with van der Waals surface area (Å²) < 4.78 is 0. The molecular formula is C22H29N3O5. The van der Waals surface area contributed by atoms with Crippen molar-refractivity contribution in [1.29, 1.82) is 0 Å². The van der Waals surface area contributed by atoms with Gasteiger partial charge in [-0.15, -0.1) is 0 Å². The molecule has 2 rings (SSSR count). The first-order valence-electron chi connectivity index (χ1n) is 10.4. The highest BCUT2D eigenvalue weighted by atomic mass is 16.2. The predicted octanol–water partition coefficient (Wildman–Crippen LogP) is 2.68. The Morgan fingerprint density at radius 3 is 2.47 bits per heavy atom. The van der Waals surface area contributed by atoms with E-state index in [9.17, 15) is 24.0 Å². The second-order valence-corrected chi connectivity index (χ2v) is 7.30. The van der Waals surface area contributed by atoms with Crippen molar-refractivity contribution in [2.45, 2.75) is 64.8 Å². The fraction of sp³-hybridized carbons (Fsp3) is 0.500. The Morgan fingerprint density at radius 1 is 1.07 bits per heavy atom. The van der Waals surface area contributed by atoms with Crippen LogP contribution in [-0.4, -0.2) is 47.4 Å². The van der Waals surface area contributed by atoms with Crippen LogP contribution in [0.1, 0.15) is 79.5 Å². The average molecular weight is 415 g/mol. The Kier molecular flexibility index (Phi) is 8.70. The van der Waals surface area contributed by atoms with E-state index in [0.29, 0.717) is 18.7 Å². The Labute approximate surface area is 176 Å². The van der Waals surface area contributed by atoms with Gasteiger partial charge in [-0.25, -0.2) is 0 Å². The first kappa shape index (κ1) is 23.3. The number of anilines is 1. The molecule has 1 aliphatic rings. The number of aldehydes is 1. The van der Waals surface area contributed by atoms with Crippen molar-refractivity contribution in [3.05, 3.63) is 29.3 Å². The standard InChI is InChI=1S/C22H29N3O5/c1-3-18(27)24-20(28)15(2)25-21(29)16-11-10-12-17(19(16)22(25)30)23-13-8-6-4-5-7-9-14-26/h10-12,14-15,23H,3-9,13H2,1-2H3,(H,24,27,28). The summed E-state index contributed by atoms with van der Waals surface area (Å²) >= 11 is 0. The second kappa shape index (κ2) is 11.2. The average Bonchev–Trinajstić information content (AvgIpc) is 3.00. The lowest BCUT2D eigenvalue weighted by atomic mass is 10.1. The van der Waals surface area contributed by atoms with Crippen molar-refractivity contribution in [3.8, 4) is 0 Å². The van der Waals surface area contributed by atoms with Crippen LogP contribution >= 0.6 is 0 Å². The van der Waals surface area contributed by atoms with Gasteiger partial charge in [0.05, 0.1) is 11.1 Å². The molecular weight excluding hydrogens is 386 g/mol. The number of amides is 4. The van der Waals surface area contributed by atoms with Crippen molar-refractivity contribution in [2.24, 2.45) is 0 Å². The molecule has 1 heterocycles. The van der Waals surface area contributed by atoms with E-state index in [1.807, 2.05) is 0 Å². The highest BCUT2D eigenvalue weighted by Crippen LogP contribution is 2.30. The van der Waals surface area contributed by atoms with Gasteiger partial charge >= 0.3 is 0 Å². The molecule has 0 saturated carbocycles. The fourth-order valence-corrected chi connectivity index (χ4v) is 3.36. The molecule has 8 heteroatoms. The summed E-state index contributed by atoms with van der Waals surface area (Å²) in [4.78, 5) is 60.6. The Hall–Kier alpha value is -3.03. The molecule has 0 bridgehead atoms. The zero-order chi connectivity index (χ0) is 22.1. The highest BCUT2D eigenvalue weighted by molar-refractivity contribution is 6.25. The largest absolute Gasteiger partial charge is 0.384 e. The number of carbonyl (C=O) groups excluding carboxylic acids is 5. The van der Waals surface area contributed by atoms with Gasteiger partial charge in [-0.1, -0.05) is 32.3 Å². The maximum absolute atomic E-state index is 12.9. The summed E-state index contributed by atoms with van der Waals surface area (Å²) in [5.41, 5.74) is 1.07. The Balaban J connectivity index is 1.99. The van der Waals surface area contributed by atoms with Crippen LogP contribution in [0.25, 0.3) is 0 Å². The number of rotatable bonds is 12. The maximum Gasteiger partial charge on any atom is 0.264 e. The molecule has 1 unspecified atom stereocenters. The minimum Gasteiger partial charge on any atom is -0.384 e. The fourth-order valence-electron chi connectivity index (χ4n) is 3.36. The van der Waals surface area contributed by atoms with Gasteiger partial charge in [0.2, 0.25) is 11.8 Å². The number of nitrogens with one attached hydrogen (secondary N) is 2. The van der Waals surface area contributed by atoms with Gasteiger partial charge < -0.3 is 10.1 Å². The van der Waals surface area contributed by atoms with Crippen LogP contribution in [0.4, 0.5) is 5.69 Å². The summed E-state index contributed by atoms with van der Waals surface area (Å²) in [5, 5.41) is 5.41. The van der Waals surface area contributed by atoms with E-state index < -0.39 is 29.7 Å². The van der Waals surface area contributed by atoms with Gasteiger partial charge in [-0.3, -0.25) is 29.4 Å². The third kappa shape index (κ3) is 5.52. The summed E-state index contributed by atoms with van der Waals surface area (Å²) in [6.45, 7) is 3.68. The van der Waals surface area contributed by atoms with E-state index in [1.54, 1.807) is 25.1 Å². The van der Waals surface area contributed by atoms with Crippen LogP contribution in [0.5, 0.6) is 0 Å². The Bertz CT molecular complexity index is 821. The smallest absolute Gasteiger partial charge is 0.264 e. The summed E-state index contributed by atoms with van der Waals surface area (Å²) in [6, 6.07) is 3.91. The molecule has 2 N–H and O–H groups in total. The molecule has 8 nitrogen and oxygen atoms in total. The first-order valence-corrected chi connectivity index (χ1v) is 10.4. The van der Waals surface area contributed by atoms with E-state index in [0.717, 1.165) is 43.3 Å². The number of fused-ring (bicyclic) bond motifs is 1. The molecule has 0 spiro atoms. The number of hydrogen-bond donors (Lipinski definition) is 2. The molecule has 162 valence electrons. The minimum atomic E-state index is -1.09. The van der Waals surface area contributed by atoms with Crippen LogP contribution in [0.15, 0.2) is 18.2 Å². The molecule has 1 aromatic carbocycles. The van der Waals surface area contributed by atoms with Crippen LogP contribution < -0.4 is 10.6 Å². The number of imide groups is 2. The predicted molar refractivity (Wildman–Crippen MR) is 112 cm³/mol. The van der Waals surface area contributed by atoms with Crippen molar-refractivity contribution in [1.82, 2.24) is 10.2 Å². The zero-order valence-corrected chi connectivity index (χ0v) is 17.5. The quantitative estimate of drug-likeness (QED) is 0.308. The monoisotopic (exact) mass is 415 g/mol. The van der Waals surface area contributed by atoms with Gasteiger partial charge in [0.15, 0.2) is 0 Å². The molecule has 0 radical (unpaired) electrons. The molecule has 30 heavy (non-hydrogen) atoms. The normalized spacial score (nSPS) is 13.7. The summed E-state index contributed by atoms with van der Waals surface area (Å²) in [7, 11) is 0. The molecule has 4 amide bonds. The van der Waals surface area contributed by atoms with Crippen molar-refractivity contribution in [2.75, 3.05) is 11.9 Å². The number of carbonyl (C=O) groups is 5. The van der Waals surface area contributed by atoms with Gasteiger partial charge in [-0.05, 0) is 31.9 Å². The lowest BCUT2D eigenvalue weighted by molar-refractivity contribution is -0.132. The molecule has 1 atom stereocenters. The maximum atomic E-state index is 12.9. The van der Waals surface area contributed by atoms with E-state index in [1.165, 1.54) is 6.92 Å². The van der Waals surface area contributed by atoms with Crippen LogP contribution in [0, 0.1) is 0 Å². The SMILES string of the molecule is CCC(=O)NC(=O)C(C)N1C(=O)c2cccc(NCCCCCCCC=O)c2C1=O. The van der Waals surface area contributed by atoms with E-state index in [4.69, 9.17) is 0 Å². The lowest BCUT2D eigenvalue weighted by Crippen LogP contribution is -2.49. The number of hydrogen-bond acceptors (Lipinski definition) is 6. The van der Waals surface area contributed by atoms with Crippen LogP contribution in [0.2, 0.25) is 0 Å². The first-order chi connectivity index (χ1) is 14.4. The van der Waals surface area contributed by atoms with Crippen molar-refractivity contribution >= 4 is 35.6 Å². The van der Waals surface area contributed by atoms with Crippen molar-refractivity contribution in [3.63, 3.8) is 0 Å². The van der Waals surface area contributed by atoms with E-state index in [-0.39, 0.29) is 17.5 Å². The molecule has 0 fully saturated rings. The van der Waals surface area contributed by atoms with E-state index >= 15 is 0 Å². The third-order valence-corrected chi connectivity index (χ3v) is 5.11. The minimum absolute atomic E-state index is 0.131. The van der Waals surface area contributed by atoms with Gasteiger partial charge in [0.25, 0.3) is 11.8 Å². The van der Waals surface area contributed by atoms with Crippen LogP contribution in [0.3, 0.4) is 0 Å². The molecule has 0 aromatic heterocycles. The number of unbranched alkanes of at least 4 members (excludes halogenated alkanes) is 5. The van der Waals surface area contributed by atoms with Gasteiger partial charge in [0, 0.05) is 25.1 Å².